The highest BCUT2D eigenvalue weighted by atomic mass is 35.5. The minimum Gasteiger partial charge on any atom is -0.492 e. The van der Waals surface area contributed by atoms with E-state index in [1.165, 1.54) is 0 Å². The quantitative estimate of drug-likeness (QED) is 0.735. The molecule has 1 aliphatic heterocycles. The molecule has 150 valence electrons. The number of fused-ring (bicyclic) bond motifs is 1. The van der Waals surface area contributed by atoms with Crippen LogP contribution in [0.2, 0.25) is 5.02 Å². The molecule has 1 heterocycles. The van der Waals surface area contributed by atoms with Crippen LogP contribution in [0.25, 0.3) is 0 Å². The molecule has 3 rings (SSSR count). The zero-order chi connectivity index (χ0) is 20.1. The fraction of sp³-hybridized carbons (Fsp3) is 0.409. The third-order valence-corrected chi connectivity index (χ3v) is 4.96. The van der Waals surface area contributed by atoms with Crippen molar-refractivity contribution in [3.8, 4) is 17.2 Å². The van der Waals surface area contributed by atoms with Gasteiger partial charge in [0.2, 0.25) is 5.91 Å². The van der Waals surface area contributed by atoms with Gasteiger partial charge in [0.05, 0.1) is 25.2 Å². The smallest absolute Gasteiger partial charge is 0.227 e. The second-order valence-electron chi connectivity index (χ2n) is 6.77. The number of hydrogen-bond donors (Lipinski definition) is 1. The molecule has 1 aliphatic rings. The molecule has 28 heavy (non-hydrogen) atoms. The Morgan fingerprint density at radius 1 is 1.18 bits per heavy atom. The van der Waals surface area contributed by atoms with Gasteiger partial charge in [-0.25, -0.2) is 0 Å². The van der Waals surface area contributed by atoms with Gasteiger partial charge < -0.3 is 19.5 Å². The summed E-state index contributed by atoms with van der Waals surface area (Å²) in [5.41, 5.74) is 1.92. The molecule has 0 aliphatic carbocycles. The average Bonchev–Trinajstić information content (AvgIpc) is 2.69. The van der Waals surface area contributed by atoms with Crippen molar-refractivity contribution >= 4 is 17.5 Å². The molecule has 2 atom stereocenters. The third kappa shape index (κ3) is 4.71. The van der Waals surface area contributed by atoms with Gasteiger partial charge in [-0.2, -0.15) is 0 Å². The molecule has 0 fully saturated rings. The maximum atomic E-state index is 12.8. The Hall–Kier alpha value is -2.40. The van der Waals surface area contributed by atoms with Gasteiger partial charge in [-0.3, -0.25) is 4.79 Å². The van der Waals surface area contributed by atoms with Crippen LogP contribution in [0.3, 0.4) is 0 Å². The lowest BCUT2D eigenvalue weighted by atomic mass is 9.95. The Labute approximate surface area is 170 Å². The predicted molar refractivity (Wildman–Crippen MR) is 109 cm³/mol. The summed E-state index contributed by atoms with van der Waals surface area (Å²) >= 11 is 6.07. The van der Waals surface area contributed by atoms with E-state index in [0.29, 0.717) is 42.8 Å². The van der Waals surface area contributed by atoms with E-state index in [9.17, 15) is 4.79 Å². The first-order chi connectivity index (χ1) is 13.5. The maximum absolute atomic E-state index is 12.8. The van der Waals surface area contributed by atoms with Crippen LogP contribution in [0, 0.1) is 5.92 Å². The van der Waals surface area contributed by atoms with Gasteiger partial charge in [0, 0.05) is 5.02 Å². The minimum atomic E-state index is -0.248. The molecule has 0 bridgehead atoms. The second kappa shape index (κ2) is 9.20. The fourth-order valence-electron chi connectivity index (χ4n) is 3.28. The first kappa shape index (κ1) is 20.3. The predicted octanol–water partition coefficient (Wildman–Crippen LogP) is 4.57. The SMILES string of the molecule is CCOc1ccc([C@H](C)NC(=O)[C@@H]2COc3ccc(Cl)cc3C2)cc1OCC. The molecule has 0 unspecified atom stereocenters. The van der Waals surface area contributed by atoms with Crippen LogP contribution < -0.4 is 19.5 Å². The van der Waals surface area contributed by atoms with Crippen LogP contribution in [-0.2, 0) is 11.2 Å². The van der Waals surface area contributed by atoms with Crippen LogP contribution in [0.4, 0.5) is 0 Å². The normalized spacial score (nSPS) is 16.5. The second-order valence-corrected chi connectivity index (χ2v) is 7.20. The molecule has 0 saturated carbocycles. The van der Waals surface area contributed by atoms with E-state index in [2.05, 4.69) is 5.32 Å². The number of carbonyl (C=O) groups is 1. The number of benzene rings is 2. The highest BCUT2D eigenvalue weighted by Crippen LogP contribution is 2.32. The first-order valence-corrected chi connectivity index (χ1v) is 10.0. The van der Waals surface area contributed by atoms with Gasteiger partial charge in [0.25, 0.3) is 0 Å². The van der Waals surface area contributed by atoms with Crippen LogP contribution >= 0.6 is 11.6 Å². The highest BCUT2D eigenvalue weighted by Gasteiger charge is 2.27. The molecule has 0 spiro atoms. The van der Waals surface area contributed by atoms with Crippen molar-refractivity contribution in [2.24, 2.45) is 5.92 Å². The summed E-state index contributed by atoms with van der Waals surface area (Å²) in [5.74, 6) is 1.91. The molecule has 2 aromatic rings. The van der Waals surface area contributed by atoms with E-state index in [4.69, 9.17) is 25.8 Å². The van der Waals surface area contributed by atoms with Crippen LogP contribution in [0.5, 0.6) is 17.2 Å². The molecular weight excluding hydrogens is 378 g/mol. The standard InChI is InChI=1S/C22H26ClNO4/c1-4-26-20-8-6-15(12-21(20)27-5-2)14(3)24-22(25)17-10-16-11-18(23)7-9-19(16)28-13-17/h6-9,11-12,14,17H,4-5,10,13H2,1-3H3,(H,24,25)/t14-,17-/m0/s1. The molecule has 2 aromatic carbocycles. The van der Waals surface area contributed by atoms with Crippen molar-refractivity contribution in [1.82, 2.24) is 5.32 Å². The Kier molecular flexibility index (Phi) is 6.68. The maximum Gasteiger partial charge on any atom is 0.227 e. The topological polar surface area (TPSA) is 56.8 Å². The Morgan fingerprint density at radius 3 is 2.68 bits per heavy atom. The zero-order valence-corrected chi connectivity index (χ0v) is 17.2. The lowest BCUT2D eigenvalue weighted by Crippen LogP contribution is -2.38. The lowest BCUT2D eigenvalue weighted by Gasteiger charge is -2.26. The molecule has 1 N–H and O–H groups in total. The summed E-state index contributed by atoms with van der Waals surface area (Å²) in [6.45, 7) is 7.30. The fourth-order valence-corrected chi connectivity index (χ4v) is 3.48. The molecule has 0 radical (unpaired) electrons. The van der Waals surface area contributed by atoms with Crippen molar-refractivity contribution < 1.29 is 19.0 Å². The Morgan fingerprint density at radius 2 is 1.93 bits per heavy atom. The Balaban J connectivity index is 1.68. The lowest BCUT2D eigenvalue weighted by molar-refractivity contribution is -0.126. The molecule has 1 amide bonds. The summed E-state index contributed by atoms with van der Waals surface area (Å²) in [6, 6.07) is 11.1. The number of ether oxygens (including phenoxy) is 3. The van der Waals surface area contributed by atoms with Gasteiger partial charge in [0.15, 0.2) is 11.5 Å². The van der Waals surface area contributed by atoms with Crippen LogP contribution in [-0.4, -0.2) is 25.7 Å². The average molecular weight is 404 g/mol. The number of nitrogens with one attached hydrogen (secondary N) is 1. The Bertz CT molecular complexity index is 839. The van der Waals surface area contributed by atoms with Gasteiger partial charge in [-0.05, 0) is 68.7 Å². The minimum absolute atomic E-state index is 0.0371. The molecular formula is C22H26ClNO4. The third-order valence-electron chi connectivity index (χ3n) is 4.73. The number of halogens is 1. The summed E-state index contributed by atoms with van der Waals surface area (Å²) in [4.78, 5) is 12.8. The van der Waals surface area contributed by atoms with E-state index in [1.807, 2.05) is 51.1 Å². The molecule has 6 heteroatoms. The summed E-state index contributed by atoms with van der Waals surface area (Å²) < 4.78 is 17.0. The van der Waals surface area contributed by atoms with E-state index in [1.54, 1.807) is 6.07 Å². The zero-order valence-electron chi connectivity index (χ0n) is 16.5. The van der Waals surface area contributed by atoms with E-state index < -0.39 is 0 Å². The van der Waals surface area contributed by atoms with Crippen LogP contribution in [0.15, 0.2) is 36.4 Å². The van der Waals surface area contributed by atoms with Gasteiger partial charge >= 0.3 is 0 Å². The molecule has 0 aromatic heterocycles. The first-order valence-electron chi connectivity index (χ1n) is 9.63. The van der Waals surface area contributed by atoms with Crippen molar-refractivity contribution in [3.63, 3.8) is 0 Å². The van der Waals surface area contributed by atoms with E-state index >= 15 is 0 Å². The van der Waals surface area contributed by atoms with E-state index in [0.717, 1.165) is 16.9 Å². The summed E-state index contributed by atoms with van der Waals surface area (Å²) in [7, 11) is 0. The van der Waals surface area contributed by atoms with Gasteiger partial charge in [-0.1, -0.05) is 17.7 Å². The van der Waals surface area contributed by atoms with Crippen molar-refractivity contribution in [2.45, 2.75) is 33.2 Å². The number of amides is 1. The largest absolute Gasteiger partial charge is 0.492 e. The summed E-state index contributed by atoms with van der Waals surface area (Å²) in [5, 5.41) is 3.73. The monoisotopic (exact) mass is 403 g/mol. The van der Waals surface area contributed by atoms with Gasteiger partial charge in [-0.15, -0.1) is 0 Å². The van der Waals surface area contributed by atoms with Crippen molar-refractivity contribution in [1.29, 1.82) is 0 Å². The van der Waals surface area contributed by atoms with Crippen molar-refractivity contribution in [3.05, 3.63) is 52.5 Å². The molecule has 0 saturated heterocycles. The summed E-state index contributed by atoms with van der Waals surface area (Å²) in [6.07, 6.45) is 0.613. The number of rotatable bonds is 7. The number of carbonyl (C=O) groups excluding carboxylic acids is 1. The van der Waals surface area contributed by atoms with Crippen molar-refractivity contribution in [2.75, 3.05) is 19.8 Å². The molecule has 5 nitrogen and oxygen atoms in total. The van der Waals surface area contributed by atoms with Crippen LogP contribution in [0.1, 0.15) is 37.9 Å². The number of hydrogen-bond acceptors (Lipinski definition) is 4. The van der Waals surface area contributed by atoms with E-state index in [-0.39, 0.29) is 17.9 Å². The highest BCUT2D eigenvalue weighted by molar-refractivity contribution is 6.30. The van der Waals surface area contributed by atoms with Gasteiger partial charge in [0.1, 0.15) is 12.4 Å².